The van der Waals surface area contributed by atoms with Crippen LogP contribution in [0.15, 0.2) is 24.3 Å². The first-order valence-corrected chi connectivity index (χ1v) is 4.36. The standard InChI is InChI=1S/C11H10O5/c1-16-9-5-7(2-3-10(12)13)4-8(6-9)11(14)15/h2-6H,1H3,(H,12,13)(H,14,15). The minimum absolute atomic E-state index is 0.0457. The van der Waals surface area contributed by atoms with Gasteiger partial charge in [-0.05, 0) is 29.8 Å². The van der Waals surface area contributed by atoms with Gasteiger partial charge in [0.05, 0.1) is 12.7 Å². The van der Waals surface area contributed by atoms with Gasteiger partial charge in [-0.3, -0.25) is 0 Å². The van der Waals surface area contributed by atoms with E-state index < -0.39 is 11.9 Å². The van der Waals surface area contributed by atoms with Crippen molar-refractivity contribution in [1.82, 2.24) is 0 Å². The van der Waals surface area contributed by atoms with E-state index in [1.807, 2.05) is 0 Å². The molecule has 2 N–H and O–H groups in total. The fourth-order valence-corrected chi connectivity index (χ4v) is 1.13. The lowest BCUT2D eigenvalue weighted by molar-refractivity contribution is -0.131. The maximum absolute atomic E-state index is 10.8. The van der Waals surface area contributed by atoms with Gasteiger partial charge < -0.3 is 14.9 Å². The molecule has 0 atom stereocenters. The van der Waals surface area contributed by atoms with Crippen molar-refractivity contribution >= 4 is 18.0 Å². The number of carboxylic acids is 2. The molecule has 0 bridgehead atoms. The van der Waals surface area contributed by atoms with Crippen molar-refractivity contribution in [2.45, 2.75) is 0 Å². The summed E-state index contributed by atoms with van der Waals surface area (Å²) in [6, 6.07) is 4.27. The lowest BCUT2D eigenvalue weighted by atomic mass is 10.1. The van der Waals surface area contributed by atoms with Crippen molar-refractivity contribution < 1.29 is 24.5 Å². The highest BCUT2D eigenvalue weighted by molar-refractivity contribution is 5.90. The van der Waals surface area contributed by atoms with Gasteiger partial charge in [0.1, 0.15) is 5.75 Å². The van der Waals surface area contributed by atoms with Crippen LogP contribution in [0, 0.1) is 0 Å². The average Bonchev–Trinajstić information content (AvgIpc) is 2.25. The normalized spacial score (nSPS) is 10.3. The number of aromatic carboxylic acids is 1. The minimum Gasteiger partial charge on any atom is -0.497 e. The zero-order valence-corrected chi connectivity index (χ0v) is 8.51. The number of benzene rings is 1. The van der Waals surface area contributed by atoms with Gasteiger partial charge >= 0.3 is 11.9 Å². The van der Waals surface area contributed by atoms with Crippen LogP contribution in [0.5, 0.6) is 5.75 Å². The van der Waals surface area contributed by atoms with Crippen LogP contribution in [-0.4, -0.2) is 29.3 Å². The van der Waals surface area contributed by atoms with E-state index in [0.717, 1.165) is 6.08 Å². The Kier molecular flexibility index (Phi) is 3.66. The maximum atomic E-state index is 10.8. The molecule has 0 aliphatic carbocycles. The van der Waals surface area contributed by atoms with E-state index in [9.17, 15) is 9.59 Å². The second-order valence-electron chi connectivity index (χ2n) is 2.97. The molecule has 5 heteroatoms. The van der Waals surface area contributed by atoms with Crippen LogP contribution in [0.1, 0.15) is 15.9 Å². The summed E-state index contributed by atoms with van der Waals surface area (Å²) in [6.07, 6.45) is 2.23. The molecule has 16 heavy (non-hydrogen) atoms. The third-order valence-corrected chi connectivity index (χ3v) is 1.83. The summed E-state index contributed by atoms with van der Waals surface area (Å²) in [6.45, 7) is 0. The first-order chi connectivity index (χ1) is 7.52. The zero-order valence-electron chi connectivity index (χ0n) is 8.51. The van der Waals surface area contributed by atoms with E-state index in [-0.39, 0.29) is 5.56 Å². The van der Waals surface area contributed by atoms with Gasteiger partial charge in [-0.15, -0.1) is 0 Å². The molecule has 84 valence electrons. The van der Waals surface area contributed by atoms with Gasteiger partial charge in [-0.25, -0.2) is 9.59 Å². The Morgan fingerprint density at radius 3 is 2.44 bits per heavy atom. The van der Waals surface area contributed by atoms with E-state index in [1.165, 1.54) is 25.3 Å². The number of hydrogen-bond acceptors (Lipinski definition) is 3. The van der Waals surface area contributed by atoms with E-state index >= 15 is 0 Å². The summed E-state index contributed by atoms with van der Waals surface area (Å²) in [5, 5.41) is 17.3. The number of hydrogen-bond donors (Lipinski definition) is 2. The Morgan fingerprint density at radius 2 is 1.94 bits per heavy atom. The predicted molar refractivity (Wildman–Crippen MR) is 56.6 cm³/mol. The summed E-state index contributed by atoms with van der Waals surface area (Å²) in [4.78, 5) is 21.1. The highest BCUT2D eigenvalue weighted by Gasteiger charge is 2.06. The summed E-state index contributed by atoms with van der Waals surface area (Å²) in [5.74, 6) is -1.83. The average molecular weight is 222 g/mol. The number of methoxy groups -OCH3 is 1. The Balaban J connectivity index is 3.14. The highest BCUT2D eigenvalue weighted by atomic mass is 16.5. The Morgan fingerprint density at radius 1 is 1.25 bits per heavy atom. The monoisotopic (exact) mass is 222 g/mol. The molecule has 0 aliphatic rings. The van der Waals surface area contributed by atoms with Crippen molar-refractivity contribution in [3.05, 3.63) is 35.4 Å². The van der Waals surface area contributed by atoms with Crippen LogP contribution in [0.25, 0.3) is 6.08 Å². The molecular formula is C11H10O5. The van der Waals surface area contributed by atoms with E-state index in [2.05, 4.69) is 0 Å². The molecule has 0 unspecified atom stereocenters. The molecule has 1 aromatic carbocycles. The number of ether oxygens (including phenoxy) is 1. The summed E-state index contributed by atoms with van der Waals surface area (Å²) in [5.41, 5.74) is 0.503. The molecule has 0 fully saturated rings. The third kappa shape index (κ3) is 3.13. The third-order valence-electron chi connectivity index (χ3n) is 1.83. The second-order valence-corrected chi connectivity index (χ2v) is 2.97. The summed E-state index contributed by atoms with van der Waals surface area (Å²) < 4.78 is 4.91. The van der Waals surface area contributed by atoms with Gasteiger partial charge in [0.15, 0.2) is 0 Å². The van der Waals surface area contributed by atoms with Gasteiger partial charge in [0.25, 0.3) is 0 Å². The molecule has 0 amide bonds. The van der Waals surface area contributed by atoms with Crippen LogP contribution >= 0.6 is 0 Å². The first kappa shape index (κ1) is 11.8. The number of rotatable bonds is 4. The van der Waals surface area contributed by atoms with Gasteiger partial charge in [0.2, 0.25) is 0 Å². The van der Waals surface area contributed by atoms with Crippen LogP contribution < -0.4 is 4.74 Å². The molecule has 5 nitrogen and oxygen atoms in total. The van der Waals surface area contributed by atoms with Crippen molar-refractivity contribution in [2.75, 3.05) is 7.11 Å². The van der Waals surface area contributed by atoms with Crippen molar-refractivity contribution in [1.29, 1.82) is 0 Å². The molecule has 0 aromatic heterocycles. The van der Waals surface area contributed by atoms with E-state index in [1.54, 1.807) is 6.07 Å². The number of carboxylic acid groups (broad SMARTS) is 2. The quantitative estimate of drug-likeness (QED) is 0.754. The lowest BCUT2D eigenvalue weighted by Crippen LogP contribution is -1.98. The van der Waals surface area contributed by atoms with E-state index in [0.29, 0.717) is 11.3 Å². The largest absolute Gasteiger partial charge is 0.497 e. The topological polar surface area (TPSA) is 83.8 Å². The summed E-state index contributed by atoms with van der Waals surface area (Å²) >= 11 is 0. The zero-order chi connectivity index (χ0) is 12.1. The Bertz CT molecular complexity index is 448. The van der Waals surface area contributed by atoms with Crippen LogP contribution in [0.3, 0.4) is 0 Å². The number of carbonyl (C=O) groups is 2. The smallest absolute Gasteiger partial charge is 0.335 e. The Labute approximate surface area is 91.6 Å². The molecule has 0 spiro atoms. The first-order valence-electron chi connectivity index (χ1n) is 4.36. The maximum Gasteiger partial charge on any atom is 0.335 e. The van der Waals surface area contributed by atoms with E-state index in [4.69, 9.17) is 14.9 Å². The van der Waals surface area contributed by atoms with Crippen LogP contribution in [-0.2, 0) is 4.79 Å². The van der Waals surface area contributed by atoms with Crippen LogP contribution in [0.4, 0.5) is 0 Å². The minimum atomic E-state index is -1.10. The predicted octanol–water partition coefficient (Wildman–Crippen LogP) is 1.49. The molecule has 0 radical (unpaired) electrons. The second kappa shape index (κ2) is 4.97. The van der Waals surface area contributed by atoms with Crippen LogP contribution in [0.2, 0.25) is 0 Å². The number of aliphatic carboxylic acids is 1. The molecule has 0 heterocycles. The van der Waals surface area contributed by atoms with Crippen molar-refractivity contribution in [2.24, 2.45) is 0 Å². The fourth-order valence-electron chi connectivity index (χ4n) is 1.13. The van der Waals surface area contributed by atoms with Crippen molar-refractivity contribution in [3.8, 4) is 5.75 Å². The molecule has 0 aliphatic heterocycles. The highest BCUT2D eigenvalue weighted by Crippen LogP contribution is 2.18. The van der Waals surface area contributed by atoms with Gasteiger partial charge in [-0.1, -0.05) is 0 Å². The molecular weight excluding hydrogens is 212 g/mol. The Hall–Kier alpha value is -2.30. The fraction of sp³-hybridized carbons (Fsp3) is 0.0909. The summed E-state index contributed by atoms with van der Waals surface area (Å²) in [7, 11) is 1.41. The van der Waals surface area contributed by atoms with Crippen molar-refractivity contribution in [3.63, 3.8) is 0 Å². The molecule has 0 saturated carbocycles. The molecule has 0 saturated heterocycles. The molecule has 1 rings (SSSR count). The SMILES string of the molecule is COc1cc(C=CC(=O)O)cc(C(=O)O)c1. The lowest BCUT2D eigenvalue weighted by Gasteiger charge is -2.03. The molecule has 1 aromatic rings. The van der Waals surface area contributed by atoms with Gasteiger partial charge in [-0.2, -0.15) is 0 Å². The van der Waals surface area contributed by atoms with Gasteiger partial charge in [0, 0.05) is 6.08 Å².